The Morgan fingerprint density at radius 3 is 2.76 bits per heavy atom. The molecule has 0 fully saturated rings. The summed E-state index contributed by atoms with van der Waals surface area (Å²) in [5.74, 6) is 0.733. The first-order valence-electron chi connectivity index (χ1n) is 6.27. The van der Waals surface area contributed by atoms with Crippen molar-refractivity contribution in [1.82, 2.24) is 4.98 Å². The molecule has 0 spiro atoms. The van der Waals surface area contributed by atoms with E-state index in [4.69, 9.17) is 0 Å². The summed E-state index contributed by atoms with van der Waals surface area (Å²) in [6.45, 7) is 7.56. The van der Waals surface area contributed by atoms with E-state index in [9.17, 15) is 0 Å². The largest absolute Gasteiger partial charge is 0.384 e. The number of hydrogen-bond acceptors (Lipinski definition) is 2. The lowest BCUT2D eigenvalue weighted by atomic mass is 10.1. The van der Waals surface area contributed by atoms with Crippen molar-refractivity contribution in [3.8, 4) is 0 Å². The molecule has 90 valence electrons. The fourth-order valence-electron chi connectivity index (χ4n) is 1.95. The summed E-state index contributed by atoms with van der Waals surface area (Å²) < 4.78 is 0. The zero-order chi connectivity index (χ0) is 12.3. The first-order valence-corrected chi connectivity index (χ1v) is 6.27. The van der Waals surface area contributed by atoms with Crippen LogP contribution in [0.2, 0.25) is 0 Å². The highest BCUT2D eigenvalue weighted by Crippen LogP contribution is 2.22. The molecule has 2 aromatic rings. The van der Waals surface area contributed by atoms with Gasteiger partial charge in [0.25, 0.3) is 0 Å². The molecule has 0 amide bonds. The summed E-state index contributed by atoms with van der Waals surface area (Å²) >= 11 is 0. The fourth-order valence-corrected chi connectivity index (χ4v) is 1.95. The van der Waals surface area contributed by atoms with Gasteiger partial charge >= 0.3 is 0 Å². The summed E-state index contributed by atoms with van der Waals surface area (Å²) in [6.07, 6.45) is 1.19. The second-order valence-electron chi connectivity index (χ2n) is 4.94. The number of anilines is 1. The number of hydrogen-bond donors (Lipinski definition) is 1. The van der Waals surface area contributed by atoms with E-state index in [0.29, 0.717) is 0 Å². The summed E-state index contributed by atoms with van der Waals surface area (Å²) in [5, 5.41) is 4.73. The van der Waals surface area contributed by atoms with Crippen LogP contribution in [0.25, 0.3) is 10.9 Å². The minimum atomic E-state index is 0.733. The van der Waals surface area contributed by atoms with Crippen LogP contribution in [0.3, 0.4) is 0 Å². The van der Waals surface area contributed by atoms with Crippen LogP contribution in [-0.4, -0.2) is 11.5 Å². The van der Waals surface area contributed by atoms with E-state index in [1.54, 1.807) is 0 Å². The van der Waals surface area contributed by atoms with Crippen molar-refractivity contribution in [3.63, 3.8) is 0 Å². The minimum Gasteiger partial charge on any atom is -0.384 e. The lowest BCUT2D eigenvalue weighted by Crippen LogP contribution is -2.05. The third-order valence-electron chi connectivity index (χ3n) is 2.88. The van der Waals surface area contributed by atoms with Gasteiger partial charge in [-0.2, -0.15) is 0 Å². The lowest BCUT2D eigenvalue weighted by molar-refractivity contribution is 0.607. The number of para-hydroxylation sites is 1. The average molecular weight is 228 g/mol. The summed E-state index contributed by atoms with van der Waals surface area (Å²) in [4.78, 5) is 4.54. The molecule has 2 rings (SSSR count). The van der Waals surface area contributed by atoms with E-state index < -0.39 is 0 Å². The monoisotopic (exact) mass is 228 g/mol. The van der Waals surface area contributed by atoms with Gasteiger partial charge in [-0.1, -0.05) is 32.0 Å². The van der Waals surface area contributed by atoms with Crippen molar-refractivity contribution < 1.29 is 0 Å². The Hall–Kier alpha value is -1.57. The van der Waals surface area contributed by atoms with Crippen LogP contribution in [0.15, 0.2) is 30.3 Å². The molecule has 2 nitrogen and oxygen atoms in total. The topological polar surface area (TPSA) is 24.9 Å². The maximum absolute atomic E-state index is 4.54. The summed E-state index contributed by atoms with van der Waals surface area (Å²) in [7, 11) is 0. The van der Waals surface area contributed by atoms with E-state index in [1.807, 2.05) is 13.0 Å². The standard InChI is InChI=1S/C15H20N2/c1-11(2)8-9-16-15-10-12(3)17-14-7-5-4-6-13(14)15/h4-7,10-11H,8-9H2,1-3H3,(H,16,17). The summed E-state index contributed by atoms with van der Waals surface area (Å²) in [5.41, 5.74) is 3.34. The molecule has 17 heavy (non-hydrogen) atoms. The lowest BCUT2D eigenvalue weighted by Gasteiger charge is -2.11. The van der Waals surface area contributed by atoms with E-state index in [0.717, 1.165) is 23.7 Å². The first kappa shape index (κ1) is 11.9. The van der Waals surface area contributed by atoms with E-state index in [1.165, 1.54) is 17.5 Å². The van der Waals surface area contributed by atoms with Crippen molar-refractivity contribution in [2.75, 3.05) is 11.9 Å². The van der Waals surface area contributed by atoms with Gasteiger partial charge in [-0.15, -0.1) is 0 Å². The molecule has 2 heteroatoms. The second kappa shape index (κ2) is 5.17. The molecule has 0 radical (unpaired) electrons. The molecule has 0 saturated carbocycles. The number of nitrogens with zero attached hydrogens (tertiary/aromatic N) is 1. The van der Waals surface area contributed by atoms with Crippen molar-refractivity contribution in [2.45, 2.75) is 27.2 Å². The normalized spacial score (nSPS) is 11.1. The molecule has 1 aromatic carbocycles. The van der Waals surface area contributed by atoms with Crippen LogP contribution in [0.1, 0.15) is 26.0 Å². The van der Waals surface area contributed by atoms with Crippen molar-refractivity contribution in [2.24, 2.45) is 5.92 Å². The van der Waals surface area contributed by atoms with Gasteiger partial charge in [0.1, 0.15) is 0 Å². The van der Waals surface area contributed by atoms with Crippen LogP contribution in [0.5, 0.6) is 0 Å². The number of aromatic nitrogens is 1. The Labute approximate surface area is 103 Å². The molecule has 1 aromatic heterocycles. The molecule has 1 heterocycles. The van der Waals surface area contributed by atoms with Crippen LogP contribution < -0.4 is 5.32 Å². The quantitative estimate of drug-likeness (QED) is 0.855. The van der Waals surface area contributed by atoms with Crippen LogP contribution in [0.4, 0.5) is 5.69 Å². The highest BCUT2D eigenvalue weighted by molar-refractivity contribution is 5.91. The first-order chi connectivity index (χ1) is 8.16. The number of pyridine rings is 1. The number of rotatable bonds is 4. The van der Waals surface area contributed by atoms with Gasteiger partial charge in [-0.3, -0.25) is 4.98 Å². The molecule has 0 bridgehead atoms. The van der Waals surface area contributed by atoms with E-state index >= 15 is 0 Å². The average Bonchev–Trinajstić information content (AvgIpc) is 2.28. The Balaban J connectivity index is 2.26. The predicted molar refractivity (Wildman–Crippen MR) is 74.4 cm³/mol. The van der Waals surface area contributed by atoms with Crippen LogP contribution >= 0.6 is 0 Å². The van der Waals surface area contributed by atoms with Crippen molar-refractivity contribution in [3.05, 3.63) is 36.0 Å². The number of nitrogens with one attached hydrogen (secondary N) is 1. The Morgan fingerprint density at radius 2 is 2.00 bits per heavy atom. The zero-order valence-corrected chi connectivity index (χ0v) is 10.8. The molecule has 0 aliphatic heterocycles. The van der Waals surface area contributed by atoms with Crippen molar-refractivity contribution >= 4 is 16.6 Å². The van der Waals surface area contributed by atoms with Gasteiger partial charge in [0.15, 0.2) is 0 Å². The van der Waals surface area contributed by atoms with Gasteiger partial charge in [-0.05, 0) is 31.4 Å². The Bertz CT molecular complexity index is 503. The third kappa shape index (κ3) is 2.96. The molecule has 0 atom stereocenters. The molecule has 1 N–H and O–H groups in total. The van der Waals surface area contributed by atoms with Gasteiger partial charge in [0.2, 0.25) is 0 Å². The third-order valence-corrected chi connectivity index (χ3v) is 2.88. The van der Waals surface area contributed by atoms with Crippen molar-refractivity contribution in [1.29, 1.82) is 0 Å². The van der Waals surface area contributed by atoms with E-state index in [2.05, 4.69) is 48.4 Å². The zero-order valence-electron chi connectivity index (χ0n) is 10.8. The maximum atomic E-state index is 4.54. The van der Waals surface area contributed by atoms with Gasteiger partial charge in [0, 0.05) is 23.3 Å². The Morgan fingerprint density at radius 1 is 1.24 bits per heavy atom. The number of fused-ring (bicyclic) bond motifs is 1. The van der Waals surface area contributed by atoms with Gasteiger partial charge in [-0.25, -0.2) is 0 Å². The number of aryl methyl sites for hydroxylation is 1. The maximum Gasteiger partial charge on any atom is 0.0725 e. The van der Waals surface area contributed by atoms with Crippen LogP contribution in [-0.2, 0) is 0 Å². The molecule has 0 saturated heterocycles. The van der Waals surface area contributed by atoms with E-state index in [-0.39, 0.29) is 0 Å². The summed E-state index contributed by atoms with van der Waals surface area (Å²) in [6, 6.07) is 10.4. The molecule has 0 aliphatic rings. The number of benzene rings is 1. The molecule has 0 aliphatic carbocycles. The van der Waals surface area contributed by atoms with Gasteiger partial charge < -0.3 is 5.32 Å². The highest BCUT2D eigenvalue weighted by Gasteiger charge is 2.03. The molecular formula is C15H20N2. The fraction of sp³-hybridized carbons (Fsp3) is 0.400. The van der Waals surface area contributed by atoms with Crippen LogP contribution in [0, 0.1) is 12.8 Å². The Kier molecular flexibility index (Phi) is 3.62. The predicted octanol–water partition coefficient (Wildman–Crippen LogP) is 4.00. The highest BCUT2D eigenvalue weighted by atomic mass is 14.9. The van der Waals surface area contributed by atoms with Gasteiger partial charge in [0.05, 0.1) is 5.52 Å². The smallest absolute Gasteiger partial charge is 0.0725 e. The minimum absolute atomic E-state index is 0.733. The SMILES string of the molecule is Cc1cc(NCCC(C)C)c2ccccc2n1. The molecular weight excluding hydrogens is 208 g/mol. The second-order valence-corrected chi connectivity index (χ2v) is 4.94. The molecule has 0 unspecified atom stereocenters.